The van der Waals surface area contributed by atoms with Gasteiger partial charge in [0.25, 0.3) is 0 Å². The Morgan fingerprint density at radius 3 is 0.989 bits per heavy atom. The number of anilines is 3. The molecule has 0 radical (unpaired) electrons. The van der Waals surface area contributed by atoms with Gasteiger partial charge in [-0.3, -0.25) is 0 Å². The van der Waals surface area contributed by atoms with Crippen LogP contribution < -0.4 is 51.1 Å². The Labute approximate surface area is 519 Å². The van der Waals surface area contributed by atoms with Crippen molar-refractivity contribution in [3.8, 4) is 23.2 Å². The van der Waals surface area contributed by atoms with E-state index in [2.05, 4.69) is 316 Å². The molecule has 15 rings (SSSR count). The third kappa shape index (κ3) is 9.05. The van der Waals surface area contributed by atoms with Crippen LogP contribution in [0.3, 0.4) is 0 Å². The number of nitrogens with zero attached hydrogens (tertiary/aromatic N) is 5. The Kier molecular flexibility index (Phi) is 13.8. The fourth-order valence-corrected chi connectivity index (χ4v) is 23.5. The summed E-state index contributed by atoms with van der Waals surface area (Å²) >= 11 is 0. The largest absolute Gasteiger partial charge is 0.497 e. The SMILES string of the molecule is [C-]#[N+]c1ccc(-n2c3ccc(N(c4ccc(OC)cc4)c4ccc5c(c4)c4cc([Si](c6ccccc6)(c6ccccc6)c6ccccc6)ccc4n5-c4ccc(C#N)cc4)cc3c3cc([Si](c4ccccc4)(c4ccccc4)c4ccccc4)ccc32)cc1. The summed E-state index contributed by atoms with van der Waals surface area (Å²) in [4.78, 5) is 6.15. The van der Waals surface area contributed by atoms with Crippen LogP contribution in [0.25, 0.3) is 59.8 Å². The fraction of sp³-hybridized carbons (Fsp3) is 0.0123. The number of fused-ring (bicyclic) bond motifs is 6. The molecule has 0 N–H and O–H groups in total. The van der Waals surface area contributed by atoms with Gasteiger partial charge in [-0.05, 0) is 151 Å². The van der Waals surface area contributed by atoms with Crippen molar-refractivity contribution in [3.63, 3.8) is 0 Å². The van der Waals surface area contributed by atoms with Gasteiger partial charge in [-0.2, -0.15) is 5.26 Å². The molecule has 0 aliphatic heterocycles. The van der Waals surface area contributed by atoms with Gasteiger partial charge in [0.2, 0.25) is 0 Å². The van der Waals surface area contributed by atoms with E-state index in [1.807, 2.05) is 36.4 Å². The van der Waals surface area contributed by atoms with Crippen LogP contribution in [0, 0.1) is 17.9 Å². The highest BCUT2D eigenvalue weighted by atomic mass is 28.3. The highest BCUT2D eigenvalue weighted by Crippen LogP contribution is 2.43. The Morgan fingerprint density at radius 1 is 0.348 bits per heavy atom. The maximum atomic E-state index is 9.97. The predicted octanol–water partition coefficient (Wildman–Crippen LogP) is 14.5. The van der Waals surface area contributed by atoms with Crippen molar-refractivity contribution in [2.24, 2.45) is 0 Å². The Morgan fingerprint density at radius 2 is 0.663 bits per heavy atom. The van der Waals surface area contributed by atoms with Crippen LogP contribution in [0.4, 0.5) is 22.7 Å². The molecule has 6 nitrogen and oxygen atoms in total. The molecule has 0 unspecified atom stereocenters. The maximum absolute atomic E-state index is 9.97. The fourth-order valence-electron chi connectivity index (χ4n) is 14.0. The lowest BCUT2D eigenvalue weighted by Gasteiger charge is -2.34. The number of nitriles is 1. The topological polar surface area (TPSA) is 50.5 Å². The van der Waals surface area contributed by atoms with Crippen LogP contribution in [0.15, 0.2) is 328 Å². The van der Waals surface area contributed by atoms with E-state index in [0.29, 0.717) is 11.3 Å². The third-order valence-corrected chi connectivity index (χ3v) is 27.5. The molecule has 0 bridgehead atoms. The monoisotopic (exact) mass is 1170 g/mol. The highest BCUT2D eigenvalue weighted by Gasteiger charge is 2.43. The van der Waals surface area contributed by atoms with E-state index in [4.69, 9.17) is 11.3 Å². The molecular weight excluding hydrogens is 1120 g/mol. The van der Waals surface area contributed by atoms with E-state index in [1.54, 1.807) is 7.11 Å². The zero-order chi connectivity index (χ0) is 59.9. The number of hydrogen-bond donors (Lipinski definition) is 0. The van der Waals surface area contributed by atoms with Crippen molar-refractivity contribution in [2.45, 2.75) is 0 Å². The second kappa shape index (κ2) is 22.7. The Hall–Kier alpha value is -11.5. The van der Waals surface area contributed by atoms with Crippen molar-refractivity contribution in [1.82, 2.24) is 9.13 Å². The lowest BCUT2D eigenvalue weighted by atomic mass is 10.1. The van der Waals surface area contributed by atoms with Crippen molar-refractivity contribution < 1.29 is 4.74 Å². The molecule has 0 amide bonds. The van der Waals surface area contributed by atoms with Crippen LogP contribution in [-0.2, 0) is 0 Å². The van der Waals surface area contributed by atoms with Crippen molar-refractivity contribution in [1.29, 1.82) is 5.26 Å². The van der Waals surface area contributed by atoms with Crippen LogP contribution in [-0.4, -0.2) is 32.4 Å². The number of benzene rings is 13. The molecule has 0 saturated heterocycles. The average molecular weight is 1170 g/mol. The minimum Gasteiger partial charge on any atom is -0.497 e. The van der Waals surface area contributed by atoms with Gasteiger partial charge in [-0.25, -0.2) is 4.85 Å². The summed E-state index contributed by atoms with van der Waals surface area (Å²) in [6.45, 7) is 7.85. The molecule has 13 aromatic carbocycles. The summed E-state index contributed by atoms with van der Waals surface area (Å²) in [5.41, 5.74) is 10.3. The molecule has 0 fully saturated rings. The number of methoxy groups -OCH3 is 1. The molecule has 0 saturated carbocycles. The van der Waals surface area contributed by atoms with Gasteiger partial charge in [0.05, 0.1) is 47.4 Å². The average Bonchev–Trinajstić information content (AvgIpc) is 1.70. The Bertz CT molecular complexity index is 4660. The number of ether oxygens (including phenoxy) is 1. The number of rotatable bonds is 14. The van der Waals surface area contributed by atoms with Gasteiger partial charge < -0.3 is 18.8 Å². The molecule has 420 valence electrons. The van der Waals surface area contributed by atoms with E-state index in [-0.39, 0.29) is 0 Å². The van der Waals surface area contributed by atoms with Gasteiger partial charge in [0, 0.05) is 50.0 Å². The molecule has 2 aromatic heterocycles. The van der Waals surface area contributed by atoms with Crippen LogP contribution >= 0.6 is 0 Å². The Balaban J connectivity index is 1.00. The summed E-state index contributed by atoms with van der Waals surface area (Å²) in [7, 11) is -4.22. The van der Waals surface area contributed by atoms with Gasteiger partial charge in [-0.1, -0.05) is 218 Å². The van der Waals surface area contributed by atoms with Crippen LogP contribution in [0.5, 0.6) is 5.75 Å². The zero-order valence-electron chi connectivity index (χ0n) is 48.8. The lowest BCUT2D eigenvalue weighted by molar-refractivity contribution is 0.415. The van der Waals surface area contributed by atoms with Crippen molar-refractivity contribution in [2.75, 3.05) is 12.0 Å². The summed E-state index contributed by atoms with van der Waals surface area (Å²) in [5.74, 6) is 0.767. The van der Waals surface area contributed by atoms with Crippen molar-refractivity contribution >= 4 is 124 Å². The molecule has 0 aliphatic carbocycles. The maximum Gasteiger partial charge on any atom is 0.187 e. The highest BCUT2D eigenvalue weighted by molar-refractivity contribution is 7.20. The number of hydrogen-bond acceptors (Lipinski definition) is 3. The first-order valence-corrected chi connectivity index (χ1v) is 33.9. The summed E-state index contributed by atoms with van der Waals surface area (Å²) < 4.78 is 10.5. The standard InChI is InChI=1S/C81H57N5OSi2/c1-83-59-35-39-62(40-36-59)86-79-50-44-64(54-75(79)77-56-73(48-52-81(77)86)89(69-27-15-6-16-28-69,70-29-17-7-18-30-70)71-31-19-8-20-32-71)84(60-41-45-65(87-2)46-42-60)63-43-49-78-74(53-63)76-55-72(47-51-80(76)85(78)61-37-33-58(57-82)34-38-61)88(66-21-9-3-10-22-66,67-23-11-4-12-24-67)68-25-13-5-14-26-68/h3-56H,2H3. The molecule has 15 aromatic rings. The first kappa shape index (κ1) is 54.1. The van der Waals surface area contributed by atoms with Crippen molar-refractivity contribution in [3.05, 3.63) is 345 Å². The summed E-state index contributed by atoms with van der Waals surface area (Å²) in [6, 6.07) is 121. The smallest absolute Gasteiger partial charge is 0.187 e. The zero-order valence-corrected chi connectivity index (χ0v) is 50.8. The quantitative estimate of drug-likeness (QED) is 0.0619. The van der Waals surface area contributed by atoms with Gasteiger partial charge >= 0.3 is 0 Å². The van der Waals surface area contributed by atoms with E-state index in [0.717, 1.165) is 77.8 Å². The summed E-state index contributed by atoms with van der Waals surface area (Å²) in [6.07, 6.45) is 0. The normalized spacial score (nSPS) is 11.6. The summed E-state index contributed by atoms with van der Waals surface area (Å²) in [5, 5.41) is 24.8. The number of aromatic nitrogens is 2. The third-order valence-electron chi connectivity index (χ3n) is 17.9. The predicted molar refractivity (Wildman–Crippen MR) is 375 cm³/mol. The van der Waals surface area contributed by atoms with Gasteiger partial charge in [-0.15, -0.1) is 0 Å². The van der Waals surface area contributed by atoms with Gasteiger partial charge in [0.1, 0.15) is 5.75 Å². The first-order valence-electron chi connectivity index (χ1n) is 29.9. The van der Waals surface area contributed by atoms with E-state index < -0.39 is 16.1 Å². The van der Waals surface area contributed by atoms with E-state index >= 15 is 0 Å². The second-order valence-corrected chi connectivity index (χ2v) is 30.2. The molecule has 2 heterocycles. The lowest BCUT2D eigenvalue weighted by Crippen LogP contribution is -2.74. The molecule has 0 spiro atoms. The molecule has 0 atom stereocenters. The second-order valence-electron chi connectivity index (χ2n) is 22.6. The minimum absolute atomic E-state index is 0.594. The van der Waals surface area contributed by atoms with Gasteiger partial charge in [0.15, 0.2) is 21.8 Å². The molecule has 89 heavy (non-hydrogen) atoms. The molecule has 8 heteroatoms. The molecular formula is C81H57N5OSi2. The van der Waals surface area contributed by atoms with E-state index in [9.17, 15) is 5.26 Å². The molecule has 0 aliphatic rings. The van der Waals surface area contributed by atoms with E-state index in [1.165, 1.54) is 41.5 Å². The first-order chi connectivity index (χ1) is 44.0. The van der Waals surface area contributed by atoms with Crippen LogP contribution in [0.2, 0.25) is 0 Å². The minimum atomic E-state index is -2.97. The van der Waals surface area contributed by atoms with Crippen LogP contribution in [0.1, 0.15) is 5.56 Å².